The van der Waals surface area contributed by atoms with E-state index in [1.165, 1.54) is 12.3 Å². The Morgan fingerprint density at radius 1 is 1.29 bits per heavy atom. The van der Waals surface area contributed by atoms with Gasteiger partial charge < -0.3 is 9.88 Å². The van der Waals surface area contributed by atoms with E-state index in [2.05, 4.69) is 5.32 Å². The molecule has 2 heterocycles. The topological polar surface area (TPSA) is 111 Å². The standard InChI is InChI=1S/C15H8F5N5O2S/c16-11(17)5-25-4-8(2-9(14(25)27)23-6-22)24-13(26)10-1-7(3-21)12(28-10)15(18,19)20/h1-2,4,11,23H,5H2,(H,24,26). The van der Waals surface area contributed by atoms with E-state index in [-0.39, 0.29) is 17.0 Å². The summed E-state index contributed by atoms with van der Waals surface area (Å²) in [5.74, 6) is -1.05. The molecule has 2 N–H and O–H groups in total. The molecule has 2 aromatic heterocycles. The summed E-state index contributed by atoms with van der Waals surface area (Å²) < 4.78 is 64.4. The Bertz CT molecular complexity index is 1050. The molecular formula is C15H8F5N5O2S. The first-order valence-corrected chi connectivity index (χ1v) is 7.98. The predicted molar refractivity (Wildman–Crippen MR) is 87.9 cm³/mol. The van der Waals surface area contributed by atoms with Crippen LogP contribution >= 0.6 is 11.3 Å². The number of halogens is 5. The number of hydrogen-bond acceptors (Lipinski definition) is 6. The van der Waals surface area contributed by atoms with Crippen molar-refractivity contribution in [3.8, 4) is 12.3 Å². The molecule has 0 spiro atoms. The molecule has 28 heavy (non-hydrogen) atoms. The number of hydrogen-bond donors (Lipinski definition) is 2. The van der Waals surface area contributed by atoms with Crippen molar-refractivity contribution in [2.45, 2.75) is 19.1 Å². The minimum Gasteiger partial charge on any atom is -0.320 e. The minimum atomic E-state index is -4.83. The highest BCUT2D eigenvalue weighted by Gasteiger charge is 2.37. The molecule has 1 amide bonds. The Labute approximate surface area is 157 Å². The number of nitriles is 2. The van der Waals surface area contributed by atoms with Crippen LogP contribution in [0.2, 0.25) is 0 Å². The van der Waals surface area contributed by atoms with Gasteiger partial charge in [0.15, 0.2) is 6.19 Å². The molecular weight excluding hydrogens is 409 g/mol. The van der Waals surface area contributed by atoms with Gasteiger partial charge in [-0.15, -0.1) is 11.3 Å². The van der Waals surface area contributed by atoms with E-state index >= 15 is 0 Å². The van der Waals surface area contributed by atoms with Gasteiger partial charge in [0.1, 0.15) is 16.6 Å². The normalized spacial score (nSPS) is 11.0. The maximum Gasteiger partial charge on any atom is 0.426 e. The average molecular weight is 417 g/mol. The van der Waals surface area contributed by atoms with Crippen molar-refractivity contribution in [1.82, 2.24) is 4.57 Å². The Balaban J connectivity index is 2.40. The number of carbonyl (C=O) groups excluding carboxylic acids is 1. The first-order valence-electron chi connectivity index (χ1n) is 7.17. The zero-order chi connectivity index (χ0) is 21.1. The van der Waals surface area contributed by atoms with Crippen LogP contribution < -0.4 is 16.2 Å². The van der Waals surface area contributed by atoms with Crippen LogP contribution in [0.15, 0.2) is 23.1 Å². The van der Waals surface area contributed by atoms with Crippen molar-refractivity contribution < 1.29 is 26.7 Å². The van der Waals surface area contributed by atoms with E-state index in [4.69, 9.17) is 10.5 Å². The highest BCUT2D eigenvalue weighted by atomic mass is 32.1. The molecule has 0 atom stereocenters. The molecule has 7 nitrogen and oxygen atoms in total. The van der Waals surface area contributed by atoms with Crippen LogP contribution in [-0.4, -0.2) is 16.9 Å². The van der Waals surface area contributed by atoms with E-state index in [1.807, 2.05) is 5.32 Å². The number of carbonyl (C=O) groups is 1. The lowest BCUT2D eigenvalue weighted by molar-refractivity contribution is -0.134. The van der Waals surface area contributed by atoms with Gasteiger partial charge in [-0.25, -0.2) is 8.78 Å². The van der Waals surface area contributed by atoms with E-state index < -0.39 is 51.6 Å². The second kappa shape index (κ2) is 8.06. The molecule has 146 valence electrons. The second-order valence-electron chi connectivity index (χ2n) is 5.14. The summed E-state index contributed by atoms with van der Waals surface area (Å²) >= 11 is 0.0348. The monoisotopic (exact) mass is 417 g/mol. The van der Waals surface area contributed by atoms with Gasteiger partial charge >= 0.3 is 6.18 Å². The molecule has 13 heteroatoms. The fourth-order valence-corrected chi connectivity index (χ4v) is 3.00. The number of thiophene rings is 1. The summed E-state index contributed by atoms with van der Waals surface area (Å²) in [6.45, 7) is -1.03. The van der Waals surface area contributed by atoms with Gasteiger partial charge in [0, 0.05) is 6.20 Å². The van der Waals surface area contributed by atoms with Gasteiger partial charge in [-0.3, -0.25) is 14.9 Å². The van der Waals surface area contributed by atoms with Crippen molar-refractivity contribution in [3.63, 3.8) is 0 Å². The molecule has 2 rings (SSSR count). The number of nitrogens with one attached hydrogen (secondary N) is 2. The van der Waals surface area contributed by atoms with Gasteiger partial charge in [-0.2, -0.15) is 23.7 Å². The molecule has 0 bridgehead atoms. The summed E-state index contributed by atoms with van der Waals surface area (Å²) in [6, 6.07) is 3.05. The lowest BCUT2D eigenvalue weighted by Crippen LogP contribution is -2.26. The van der Waals surface area contributed by atoms with Crippen LogP contribution in [0, 0.1) is 22.8 Å². The fourth-order valence-electron chi connectivity index (χ4n) is 2.13. The number of anilines is 2. The smallest absolute Gasteiger partial charge is 0.320 e. The number of rotatable bonds is 5. The third kappa shape index (κ3) is 4.63. The van der Waals surface area contributed by atoms with Crippen LogP contribution in [0.3, 0.4) is 0 Å². The molecule has 0 saturated carbocycles. The third-order valence-corrected chi connectivity index (χ3v) is 4.38. The van der Waals surface area contributed by atoms with Gasteiger partial charge in [0.2, 0.25) is 0 Å². The zero-order valence-corrected chi connectivity index (χ0v) is 14.3. The van der Waals surface area contributed by atoms with Crippen molar-refractivity contribution in [2.24, 2.45) is 0 Å². The maximum atomic E-state index is 12.9. The summed E-state index contributed by atoms with van der Waals surface area (Å²) in [7, 11) is 0. The zero-order valence-electron chi connectivity index (χ0n) is 13.5. The quantitative estimate of drug-likeness (QED) is 0.441. The molecule has 0 unspecified atom stereocenters. The molecule has 0 radical (unpaired) electrons. The molecule has 0 saturated heterocycles. The van der Waals surface area contributed by atoms with Crippen LogP contribution in [0.25, 0.3) is 0 Å². The largest absolute Gasteiger partial charge is 0.426 e. The number of aromatic nitrogens is 1. The lowest BCUT2D eigenvalue weighted by atomic mass is 10.2. The Morgan fingerprint density at radius 3 is 2.46 bits per heavy atom. The van der Waals surface area contributed by atoms with Crippen molar-refractivity contribution in [2.75, 3.05) is 10.6 Å². The summed E-state index contributed by atoms with van der Waals surface area (Å²) in [4.78, 5) is 22.4. The SMILES string of the molecule is N#CNc1cc(NC(=O)c2cc(C#N)c(C(F)(F)F)s2)cn(CC(F)F)c1=O. The first-order chi connectivity index (χ1) is 13.1. The molecule has 0 aromatic carbocycles. The number of amides is 1. The van der Waals surface area contributed by atoms with E-state index in [1.54, 1.807) is 0 Å². The van der Waals surface area contributed by atoms with Gasteiger partial charge in [0.05, 0.1) is 22.7 Å². The number of pyridine rings is 1. The van der Waals surface area contributed by atoms with E-state index in [9.17, 15) is 31.5 Å². The highest BCUT2D eigenvalue weighted by Crippen LogP contribution is 2.38. The van der Waals surface area contributed by atoms with Crippen LogP contribution in [0.5, 0.6) is 0 Å². The Kier molecular flexibility index (Phi) is 6.00. The highest BCUT2D eigenvalue weighted by molar-refractivity contribution is 7.14. The van der Waals surface area contributed by atoms with Gasteiger partial charge in [0.25, 0.3) is 17.9 Å². The number of alkyl halides is 5. The van der Waals surface area contributed by atoms with Crippen molar-refractivity contribution >= 4 is 28.6 Å². The summed E-state index contributed by atoms with van der Waals surface area (Å²) in [5.41, 5.74) is -2.33. The minimum absolute atomic E-state index is 0.0348. The molecule has 2 aromatic rings. The van der Waals surface area contributed by atoms with Crippen molar-refractivity contribution in [3.05, 3.63) is 44.0 Å². The van der Waals surface area contributed by atoms with E-state index in [0.29, 0.717) is 4.57 Å². The fraction of sp³-hybridized carbons (Fsp3) is 0.200. The summed E-state index contributed by atoms with van der Waals surface area (Å²) in [6.07, 6.45) is -5.45. The first kappa shape index (κ1) is 20.9. The third-order valence-electron chi connectivity index (χ3n) is 3.20. The Hall–Kier alpha value is -3.45. The number of nitrogens with zero attached hydrogens (tertiary/aromatic N) is 3. The molecule has 0 aliphatic rings. The van der Waals surface area contributed by atoms with Gasteiger partial charge in [-0.05, 0) is 12.1 Å². The maximum absolute atomic E-state index is 12.9. The van der Waals surface area contributed by atoms with E-state index in [0.717, 1.165) is 18.3 Å². The predicted octanol–water partition coefficient (Wildman–Crippen LogP) is 3.21. The van der Waals surface area contributed by atoms with Crippen LogP contribution in [0.4, 0.5) is 33.3 Å². The second-order valence-corrected chi connectivity index (χ2v) is 6.20. The van der Waals surface area contributed by atoms with Crippen LogP contribution in [0.1, 0.15) is 20.1 Å². The molecule has 0 fully saturated rings. The van der Waals surface area contributed by atoms with Crippen molar-refractivity contribution in [1.29, 1.82) is 10.5 Å². The van der Waals surface area contributed by atoms with Gasteiger partial charge in [-0.1, -0.05) is 0 Å². The molecule has 0 aliphatic heterocycles. The lowest BCUT2D eigenvalue weighted by Gasteiger charge is -2.11. The van der Waals surface area contributed by atoms with Crippen LogP contribution in [-0.2, 0) is 12.7 Å². The Morgan fingerprint density at radius 2 is 1.96 bits per heavy atom. The molecule has 0 aliphatic carbocycles. The summed E-state index contributed by atoms with van der Waals surface area (Å²) in [5, 5.41) is 21.5. The average Bonchev–Trinajstić information content (AvgIpc) is 3.03.